The van der Waals surface area contributed by atoms with E-state index in [4.69, 9.17) is 9.47 Å². The molecule has 1 heterocycles. The molecule has 0 saturated carbocycles. The molecule has 2 rings (SSSR count). The van der Waals surface area contributed by atoms with E-state index in [-0.39, 0.29) is 6.61 Å². The molecule has 118 valence electrons. The number of esters is 2. The normalized spacial score (nSPS) is 17.0. The monoisotopic (exact) mass is 305 g/mol. The summed E-state index contributed by atoms with van der Waals surface area (Å²) in [6, 6.07) is 4.85. The first kappa shape index (κ1) is 16.0. The van der Waals surface area contributed by atoms with Crippen LogP contribution in [0.2, 0.25) is 0 Å². The zero-order valence-corrected chi connectivity index (χ0v) is 12.9. The van der Waals surface area contributed by atoms with Crippen molar-refractivity contribution in [3.8, 4) is 0 Å². The molecule has 1 atom stereocenters. The van der Waals surface area contributed by atoms with Crippen LogP contribution < -0.4 is 4.90 Å². The van der Waals surface area contributed by atoms with Crippen molar-refractivity contribution in [1.29, 1.82) is 0 Å². The van der Waals surface area contributed by atoms with Gasteiger partial charge in [0, 0.05) is 19.0 Å². The van der Waals surface area contributed by atoms with Crippen LogP contribution in [0.4, 0.5) is 5.69 Å². The number of nitrogens with zero attached hydrogens (tertiary/aromatic N) is 1. The summed E-state index contributed by atoms with van der Waals surface area (Å²) in [6.45, 7) is 4.94. The van der Waals surface area contributed by atoms with E-state index in [0.717, 1.165) is 11.1 Å². The number of cyclic esters (lactones) is 1. The number of hydrogen-bond donors (Lipinski definition) is 0. The van der Waals surface area contributed by atoms with Crippen LogP contribution >= 0.6 is 0 Å². The highest BCUT2D eigenvalue weighted by molar-refractivity contribution is 6.01. The van der Waals surface area contributed by atoms with Crippen molar-refractivity contribution < 1.29 is 23.9 Å². The molecule has 1 fully saturated rings. The Labute approximate surface area is 129 Å². The maximum Gasteiger partial charge on any atom is 0.329 e. The lowest BCUT2D eigenvalue weighted by Gasteiger charge is -2.28. The summed E-state index contributed by atoms with van der Waals surface area (Å²) < 4.78 is 9.76. The standard InChI is InChI=1S/C16H19NO5/c1-10-5-4-6-13(11(10)2)17(14-7-8-21-16(14)20)15(19)9-22-12(3)18/h4-6,14H,7-9H2,1-3H3. The Morgan fingerprint density at radius 3 is 2.68 bits per heavy atom. The molecular formula is C16H19NO5. The van der Waals surface area contributed by atoms with Gasteiger partial charge in [-0.2, -0.15) is 0 Å². The van der Waals surface area contributed by atoms with E-state index in [9.17, 15) is 14.4 Å². The summed E-state index contributed by atoms with van der Waals surface area (Å²) in [6.07, 6.45) is 0.429. The highest BCUT2D eigenvalue weighted by Crippen LogP contribution is 2.28. The second kappa shape index (κ2) is 6.60. The van der Waals surface area contributed by atoms with Crippen LogP contribution in [0.15, 0.2) is 18.2 Å². The quantitative estimate of drug-likeness (QED) is 0.789. The number of aryl methyl sites for hydroxylation is 1. The van der Waals surface area contributed by atoms with E-state index < -0.39 is 30.5 Å². The van der Waals surface area contributed by atoms with Gasteiger partial charge in [0.25, 0.3) is 5.91 Å². The summed E-state index contributed by atoms with van der Waals surface area (Å²) in [5.41, 5.74) is 2.55. The van der Waals surface area contributed by atoms with E-state index in [1.54, 1.807) is 6.07 Å². The van der Waals surface area contributed by atoms with Crippen molar-refractivity contribution in [3.63, 3.8) is 0 Å². The minimum absolute atomic E-state index is 0.283. The molecule has 1 aromatic rings. The van der Waals surface area contributed by atoms with Crippen molar-refractivity contribution in [2.45, 2.75) is 33.2 Å². The fourth-order valence-corrected chi connectivity index (χ4v) is 2.43. The Balaban J connectivity index is 2.36. The second-order valence-corrected chi connectivity index (χ2v) is 5.24. The maximum atomic E-state index is 12.5. The summed E-state index contributed by atoms with van der Waals surface area (Å²) in [5, 5.41) is 0. The number of anilines is 1. The average Bonchev–Trinajstić information content (AvgIpc) is 2.88. The molecule has 0 bridgehead atoms. The van der Waals surface area contributed by atoms with Gasteiger partial charge in [-0.15, -0.1) is 0 Å². The van der Waals surface area contributed by atoms with Gasteiger partial charge in [0.05, 0.1) is 6.61 Å². The van der Waals surface area contributed by atoms with Crippen LogP contribution in [0.3, 0.4) is 0 Å². The Morgan fingerprint density at radius 1 is 1.36 bits per heavy atom. The topological polar surface area (TPSA) is 72.9 Å². The Morgan fingerprint density at radius 2 is 2.09 bits per heavy atom. The maximum absolute atomic E-state index is 12.5. The van der Waals surface area contributed by atoms with Gasteiger partial charge in [0.1, 0.15) is 6.04 Å². The third-order valence-electron chi connectivity index (χ3n) is 3.72. The molecule has 1 aromatic carbocycles. The average molecular weight is 305 g/mol. The SMILES string of the molecule is CC(=O)OCC(=O)N(c1cccc(C)c1C)C1CCOC1=O. The lowest BCUT2D eigenvalue weighted by atomic mass is 10.0. The first-order chi connectivity index (χ1) is 10.4. The predicted octanol–water partition coefficient (Wildman–Crippen LogP) is 1.52. The van der Waals surface area contributed by atoms with Crippen LogP contribution in [0, 0.1) is 13.8 Å². The number of rotatable bonds is 4. The molecule has 1 aliphatic rings. The molecule has 1 aliphatic heterocycles. The molecule has 0 radical (unpaired) electrons. The van der Waals surface area contributed by atoms with Gasteiger partial charge in [-0.3, -0.25) is 14.5 Å². The number of amides is 1. The fraction of sp³-hybridized carbons (Fsp3) is 0.438. The van der Waals surface area contributed by atoms with Gasteiger partial charge in [-0.25, -0.2) is 4.79 Å². The van der Waals surface area contributed by atoms with Gasteiger partial charge in [-0.05, 0) is 31.0 Å². The Kier molecular flexibility index (Phi) is 4.80. The molecule has 6 heteroatoms. The van der Waals surface area contributed by atoms with Gasteiger partial charge >= 0.3 is 11.9 Å². The van der Waals surface area contributed by atoms with Gasteiger partial charge in [-0.1, -0.05) is 12.1 Å². The lowest BCUT2D eigenvalue weighted by molar-refractivity contribution is -0.146. The molecule has 1 amide bonds. The molecule has 0 aromatic heterocycles. The third-order valence-corrected chi connectivity index (χ3v) is 3.72. The zero-order chi connectivity index (χ0) is 16.3. The minimum Gasteiger partial charge on any atom is -0.464 e. The van der Waals surface area contributed by atoms with Crippen LogP contribution in [0.1, 0.15) is 24.5 Å². The Hall–Kier alpha value is -2.37. The first-order valence-electron chi connectivity index (χ1n) is 7.10. The largest absolute Gasteiger partial charge is 0.464 e. The van der Waals surface area contributed by atoms with E-state index in [0.29, 0.717) is 12.1 Å². The smallest absolute Gasteiger partial charge is 0.329 e. The summed E-state index contributed by atoms with van der Waals surface area (Å²) in [4.78, 5) is 36.7. The van der Waals surface area contributed by atoms with Gasteiger partial charge < -0.3 is 9.47 Å². The highest BCUT2D eigenvalue weighted by atomic mass is 16.5. The number of benzene rings is 1. The molecule has 1 saturated heterocycles. The lowest BCUT2D eigenvalue weighted by Crippen LogP contribution is -2.45. The van der Waals surface area contributed by atoms with Gasteiger partial charge in [0.2, 0.25) is 0 Å². The van der Waals surface area contributed by atoms with Crippen molar-refractivity contribution in [2.75, 3.05) is 18.1 Å². The summed E-state index contributed by atoms with van der Waals surface area (Å²) in [7, 11) is 0. The molecule has 0 aliphatic carbocycles. The predicted molar refractivity (Wildman–Crippen MR) is 79.4 cm³/mol. The molecule has 0 spiro atoms. The van der Waals surface area contributed by atoms with E-state index in [1.165, 1.54) is 11.8 Å². The molecule has 22 heavy (non-hydrogen) atoms. The number of carbonyl (C=O) groups excluding carboxylic acids is 3. The molecule has 1 unspecified atom stereocenters. The van der Waals surface area contributed by atoms with Gasteiger partial charge in [0.15, 0.2) is 6.61 Å². The van der Waals surface area contributed by atoms with E-state index in [2.05, 4.69) is 0 Å². The van der Waals surface area contributed by atoms with Crippen LogP contribution in [0.5, 0.6) is 0 Å². The number of hydrogen-bond acceptors (Lipinski definition) is 5. The third kappa shape index (κ3) is 3.27. The van der Waals surface area contributed by atoms with Crippen LogP contribution in [0.25, 0.3) is 0 Å². The Bertz CT molecular complexity index is 611. The number of carbonyl (C=O) groups is 3. The molecule has 0 N–H and O–H groups in total. The number of ether oxygens (including phenoxy) is 2. The van der Waals surface area contributed by atoms with Crippen molar-refractivity contribution in [3.05, 3.63) is 29.3 Å². The first-order valence-corrected chi connectivity index (χ1v) is 7.10. The molecular weight excluding hydrogens is 286 g/mol. The highest BCUT2D eigenvalue weighted by Gasteiger charge is 2.37. The summed E-state index contributed by atoms with van der Waals surface area (Å²) >= 11 is 0. The molecule has 6 nitrogen and oxygen atoms in total. The van der Waals surface area contributed by atoms with E-state index in [1.807, 2.05) is 26.0 Å². The second-order valence-electron chi connectivity index (χ2n) is 5.24. The van der Waals surface area contributed by atoms with Crippen LogP contribution in [-0.4, -0.2) is 37.1 Å². The summed E-state index contributed by atoms with van der Waals surface area (Å²) in [5.74, 6) is -1.41. The van der Waals surface area contributed by atoms with Crippen LogP contribution in [-0.2, 0) is 23.9 Å². The van der Waals surface area contributed by atoms with Crippen molar-refractivity contribution >= 4 is 23.5 Å². The fourth-order valence-electron chi connectivity index (χ4n) is 2.43. The zero-order valence-electron chi connectivity index (χ0n) is 12.9. The minimum atomic E-state index is -0.677. The van der Waals surface area contributed by atoms with E-state index >= 15 is 0 Å². The van der Waals surface area contributed by atoms with Crippen molar-refractivity contribution in [2.24, 2.45) is 0 Å². The van der Waals surface area contributed by atoms with Crippen molar-refractivity contribution in [1.82, 2.24) is 0 Å².